The molecule has 1 aliphatic heterocycles. The molecule has 0 unspecified atom stereocenters. The van der Waals surface area contributed by atoms with Crippen molar-refractivity contribution in [3.05, 3.63) is 83.8 Å². The lowest BCUT2D eigenvalue weighted by Gasteiger charge is -2.27. The topological polar surface area (TPSA) is 110 Å². The molecule has 0 radical (unpaired) electrons. The van der Waals surface area contributed by atoms with Crippen molar-refractivity contribution in [1.29, 1.82) is 0 Å². The lowest BCUT2D eigenvalue weighted by molar-refractivity contribution is -0.140. The monoisotopic (exact) mass is 552 g/mol. The average Bonchev–Trinajstić information content (AvgIpc) is 3.47. The molecular formula is C31H29FN6O3. The van der Waals surface area contributed by atoms with Crippen LogP contribution < -0.4 is 5.32 Å². The molecule has 2 fully saturated rings. The minimum absolute atomic E-state index is 0.00907. The van der Waals surface area contributed by atoms with E-state index in [-0.39, 0.29) is 48.3 Å². The number of aryl methyl sites for hydroxylation is 1. The van der Waals surface area contributed by atoms with Crippen molar-refractivity contribution in [3.63, 3.8) is 0 Å². The lowest BCUT2D eigenvalue weighted by Crippen LogP contribution is -2.49. The number of likely N-dealkylation sites (tertiary alicyclic amines) is 1. The first-order valence-electron chi connectivity index (χ1n) is 13.6. The maximum atomic E-state index is 14.5. The summed E-state index contributed by atoms with van der Waals surface area (Å²) in [6, 6.07) is 13.9. The fourth-order valence-electron chi connectivity index (χ4n) is 5.61. The van der Waals surface area contributed by atoms with Gasteiger partial charge in [0, 0.05) is 36.3 Å². The number of carbonyl (C=O) groups is 3. The van der Waals surface area contributed by atoms with Crippen molar-refractivity contribution >= 4 is 34.6 Å². The second-order valence-electron chi connectivity index (χ2n) is 10.6. The average molecular weight is 553 g/mol. The van der Waals surface area contributed by atoms with E-state index in [9.17, 15) is 18.8 Å². The number of Topliss-reactive ketones (excluding diaryl/α,β-unsaturated/α-hetero) is 1. The van der Waals surface area contributed by atoms with Crippen molar-refractivity contribution in [2.45, 2.75) is 45.3 Å². The van der Waals surface area contributed by atoms with Gasteiger partial charge in [0.25, 0.3) is 0 Å². The fourth-order valence-corrected chi connectivity index (χ4v) is 5.61. The third-order valence-corrected chi connectivity index (χ3v) is 7.73. The first-order chi connectivity index (χ1) is 19.8. The van der Waals surface area contributed by atoms with Crippen LogP contribution in [0.1, 0.15) is 41.6 Å². The zero-order chi connectivity index (χ0) is 28.7. The van der Waals surface area contributed by atoms with Gasteiger partial charge in [0.2, 0.25) is 11.8 Å². The Kier molecular flexibility index (Phi) is 6.90. The Morgan fingerprint density at radius 1 is 1.05 bits per heavy atom. The summed E-state index contributed by atoms with van der Waals surface area (Å²) < 4.78 is 16.0. The van der Waals surface area contributed by atoms with E-state index in [1.165, 1.54) is 17.7 Å². The molecule has 9 nitrogen and oxygen atoms in total. The number of rotatable bonds is 8. The van der Waals surface area contributed by atoms with Crippen LogP contribution in [-0.2, 0) is 16.1 Å². The van der Waals surface area contributed by atoms with E-state index in [0.29, 0.717) is 28.7 Å². The van der Waals surface area contributed by atoms with E-state index in [1.807, 2.05) is 43.3 Å². The molecule has 10 heteroatoms. The van der Waals surface area contributed by atoms with Crippen molar-refractivity contribution in [1.82, 2.24) is 30.0 Å². The van der Waals surface area contributed by atoms with Gasteiger partial charge in [-0.3, -0.25) is 19.1 Å². The van der Waals surface area contributed by atoms with Gasteiger partial charge in [-0.15, -0.1) is 0 Å². The van der Waals surface area contributed by atoms with Gasteiger partial charge in [-0.2, -0.15) is 5.10 Å². The maximum Gasteiger partial charge on any atom is 0.245 e. The zero-order valence-corrected chi connectivity index (χ0v) is 22.8. The van der Waals surface area contributed by atoms with Gasteiger partial charge in [0.05, 0.1) is 12.1 Å². The van der Waals surface area contributed by atoms with Crippen LogP contribution in [0.4, 0.5) is 4.39 Å². The molecule has 1 saturated carbocycles. The molecule has 1 aliphatic carbocycles. The molecule has 2 aliphatic rings. The molecule has 0 bridgehead atoms. The largest absolute Gasteiger partial charge is 0.348 e. The van der Waals surface area contributed by atoms with Crippen LogP contribution in [0, 0.1) is 12.8 Å². The molecule has 1 saturated heterocycles. The van der Waals surface area contributed by atoms with E-state index >= 15 is 0 Å². The van der Waals surface area contributed by atoms with Gasteiger partial charge in [0.15, 0.2) is 5.78 Å². The normalized spacial score (nSPS) is 19.7. The summed E-state index contributed by atoms with van der Waals surface area (Å²) in [5.74, 6) is -0.397. The Hall–Kier alpha value is -4.73. The van der Waals surface area contributed by atoms with Gasteiger partial charge in [-0.1, -0.05) is 36.4 Å². The van der Waals surface area contributed by atoms with Crippen molar-refractivity contribution in [2.75, 3.05) is 6.54 Å². The first-order valence-corrected chi connectivity index (χ1v) is 13.6. The number of ketones is 1. The Morgan fingerprint density at radius 3 is 2.54 bits per heavy atom. The number of fused-ring (bicyclic) bond motifs is 2. The molecule has 3 heterocycles. The Balaban J connectivity index is 1.20. The smallest absolute Gasteiger partial charge is 0.245 e. The van der Waals surface area contributed by atoms with E-state index < -0.39 is 11.9 Å². The van der Waals surface area contributed by atoms with Crippen LogP contribution in [-0.4, -0.2) is 60.9 Å². The summed E-state index contributed by atoms with van der Waals surface area (Å²) in [6.45, 7) is 2.88. The molecule has 208 valence electrons. The number of piperidine rings is 1. The number of nitrogens with zero attached hydrogens (tertiary/aromatic N) is 5. The lowest BCUT2D eigenvalue weighted by atomic mass is 10.0. The third-order valence-electron chi connectivity index (χ3n) is 7.73. The highest BCUT2D eigenvalue weighted by atomic mass is 19.1. The number of aromatic nitrogens is 4. The summed E-state index contributed by atoms with van der Waals surface area (Å²) in [5, 5.41) is 7.77. The molecule has 2 aromatic heterocycles. The van der Waals surface area contributed by atoms with E-state index in [4.69, 9.17) is 0 Å². The minimum atomic E-state index is -0.669. The summed E-state index contributed by atoms with van der Waals surface area (Å²) in [7, 11) is 0. The first kappa shape index (κ1) is 26.5. The van der Waals surface area contributed by atoms with Crippen molar-refractivity contribution in [2.24, 2.45) is 5.92 Å². The number of hydrogen-bond acceptors (Lipinski definition) is 6. The highest BCUT2D eigenvalue weighted by Crippen LogP contribution is 2.48. The summed E-state index contributed by atoms with van der Waals surface area (Å²) in [4.78, 5) is 49.2. The van der Waals surface area contributed by atoms with Crippen LogP contribution in [0.25, 0.3) is 28.1 Å². The highest BCUT2D eigenvalue weighted by Gasteiger charge is 2.56. The van der Waals surface area contributed by atoms with E-state index in [2.05, 4.69) is 20.4 Å². The van der Waals surface area contributed by atoms with Gasteiger partial charge in [-0.25, -0.2) is 14.4 Å². The Bertz CT molecular complexity index is 1680. The van der Waals surface area contributed by atoms with E-state index in [1.54, 1.807) is 29.4 Å². The third kappa shape index (κ3) is 5.37. The second kappa shape index (κ2) is 10.7. The quantitative estimate of drug-likeness (QED) is 0.330. The summed E-state index contributed by atoms with van der Waals surface area (Å²) >= 11 is 0. The van der Waals surface area contributed by atoms with Crippen LogP contribution in [0.2, 0.25) is 0 Å². The molecule has 2 aromatic carbocycles. The van der Waals surface area contributed by atoms with Crippen molar-refractivity contribution in [3.8, 4) is 11.1 Å². The Labute approximate surface area is 236 Å². The highest BCUT2D eigenvalue weighted by molar-refractivity contribution is 6.06. The van der Waals surface area contributed by atoms with Gasteiger partial charge in [0.1, 0.15) is 29.9 Å². The van der Waals surface area contributed by atoms with Crippen LogP contribution in [0.15, 0.2) is 66.8 Å². The maximum absolute atomic E-state index is 14.5. The number of benzene rings is 2. The fraction of sp³-hybridized carbons (Fsp3) is 0.290. The number of halogens is 1. The predicted molar refractivity (Wildman–Crippen MR) is 151 cm³/mol. The predicted octanol–water partition coefficient (Wildman–Crippen LogP) is 4.12. The summed E-state index contributed by atoms with van der Waals surface area (Å²) in [5.41, 5.74) is 3.24. The zero-order valence-electron chi connectivity index (χ0n) is 22.8. The molecule has 0 spiro atoms. The molecule has 4 aromatic rings. The van der Waals surface area contributed by atoms with Gasteiger partial charge < -0.3 is 10.2 Å². The summed E-state index contributed by atoms with van der Waals surface area (Å²) in [6.07, 6.45) is 6.21. The van der Waals surface area contributed by atoms with E-state index in [0.717, 1.165) is 17.5 Å². The number of amides is 2. The minimum Gasteiger partial charge on any atom is -0.348 e. The SMILES string of the molecule is CC(=O)c1nn(CC(=O)N2[C@@H]3C[C@@H]3C[C@H]2C(=O)NC/C(F)=C\c2ccccc2)c2ccc(-c3cnc(C)nc3)cc12. The number of carbonyl (C=O) groups excluding carboxylic acids is 3. The molecular weight excluding hydrogens is 523 g/mol. The van der Waals surface area contributed by atoms with Crippen LogP contribution in [0.5, 0.6) is 0 Å². The second-order valence-corrected chi connectivity index (χ2v) is 10.6. The number of hydrogen-bond donors (Lipinski definition) is 1. The standard InChI is InChI=1S/C31H29FN6O3/c1-18(39)30-25-11-21(23-14-33-19(2)34-15-23)8-9-26(25)37(36-30)17-29(40)38-27-12-22(27)13-28(38)31(41)35-16-24(32)10-20-6-4-3-5-7-20/h3-11,14-15,22,27-28H,12-13,16-17H2,1-2H3,(H,35,41)/b24-10+/t22-,27-,28+/m1/s1. The van der Waals surface area contributed by atoms with Crippen molar-refractivity contribution < 1.29 is 18.8 Å². The molecule has 2 amide bonds. The van der Waals surface area contributed by atoms with Crippen LogP contribution in [0.3, 0.4) is 0 Å². The van der Waals surface area contributed by atoms with Gasteiger partial charge in [-0.05, 0) is 55.0 Å². The molecule has 3 atom stereocenters. The number of nitrogens with one attached hydrogen (secondary N) is 1. The molecule has 6 rings (SSSR count). The Morgan fingerprint density at radius 2 is 1.80 bits per heavy atom. The molecule has 1 N–H and O–H groups in total. The molecule has 41 heavy (non-hydrogen) atoms. The van der Waals surface area contributed by atoms with Crippen LogP contribution >= 0.6 is 0 Å². The van der Waals surface area contributed by atoms with Gasteiger partial charge >= 0.3 is 0 Å².